The van der Waals surface area contributed by atoms with Crippen LogP contribution in [0.4, 0.5) is 18.9 Å². The first-order valence-electron chi connectivity index (χ1n) is 6.59. The summed E-state index contributed by atoms with van der Waals surface area (Å²) in [6, 6.07) is 11.5. The van der Waals surface area contributed by atoms with E-state index < -0.39 is 18.1 Å². The maximum Gasteiger partial charge on any atom is 0.471 e. The Hall–Kier alpha value is -3.27. The number of rotatable bonds is 2. The Labute approximate surface area is 134 Å². The topological polar surface area (TPSA) is 66.4 Å². The molecule has 0 saturated heterocycles. The summed E-state index contributed by atoms with van der Waals surface area (Å²) in [5.74, 6) is 2.27. The van der Waals surface area contributed by atoms with E-state index in [2.05, 4.69) is 11.8 Å². The van der Waals surface area contributed by atoms with Gasteiger partial charge in [0.15, 0.2) is 0 Å². The van der Waals surface area contributed by atoms with Crippen molar-refractivity contribution in [3.05, 3.63) is 65.2 Å². The van der Waals surface area contributed by atoms with E-state index in [1.54, 1.807) is 17.4 Å². The van der Waals surface area contributed by atoms with Crippen molar-refractivity contribution in [3.8, 4) is 11.8 Å². The van der Waals surface area contributed by atoms with Crippen LogP contribution in [0, 0.1) is 11.8 Å². The van der Waals surface area contributed by atoms with Gasteiger partial charge >= 0.3 is 18.1 Å². The molecule has 0 radical (unpaired) electrons. The summed E-state index contributed by atoms with van der Waals surface area (Å²) in [5, 5.41) is 10.6. The molecule has 0 atom stereocenters. The average Bonchev–Trinajstić information content (AvgIpc) is 2.52. The third kappa shape index (κ3) is 4.61. The molecule has 0 unspecified atom stereocenters. The maximum atomic E-state index is 12.2. The van der Waals surface area contributed by atoms with Crippen molar-refractivity contribution in [3.63, 3.8) is 0 Å². The number of hydrogen-bond donors (Lipinski definition) is 2. The fourth-order valence-corrected chi connectivity index (χ4v) is 1.75. The summed E-state index contributed by atoms with van der Waals surface area (Å²) in [6.07, 6.45) is -4.97. The van der Waals surface area contributed by atoms with Gasteiger partial charge in [-0.3, -0.25) is 4.79 Å². The number of amides is 1. The van der Waals surface area contributed by atoms with Crippen molar-refractivity contribution in [2.75, 3.05) is 5.32 Å². The van der Waals surface area contributed by atoms with Crippen molar-refractivity contribution < 1.29 is 27.9 Å². The summed E-state index contributed by atoms with van der Waals surface area (Å²) in [4.78, 5) is 21.8. The van der Waals surface area contributed by atoms with Crippen molar-refractivity contribution >= 4 is 17.6 Å². The number of aromatic carboxylic acids is 1. The van der Waals surface area contributed by atoms with E-state index in [1.807, 2.05) is 0 Å². The lowest BCUT2D eigenvalue weighted by Crippen LogP contribution is -2.29. The standard InChI is InChI=1S/C17H10F3NO3/c18-17(19,20)16(24)21-14-6-2-4-12(10-14)8-7-11-3-1-5-13(9-11)15(22)23/h1-6,9-10H,(H,21,24)(H,22,23). The second-order valence-electron chi connectivity index (χ2n) is 4.67. The highest BCUT2D eigenvalue weighted by atomic mass is 19.4. The van der Waals surface area contributed by atoms with E-state index in [0.29, 0.717) is 11.1 Å². The number of hydrogen-bond acceptors (Lipinski definition) is 2. The molecular formula is C17H10F3NO3. The molecule has 24 heavy (non-hydrogen) atoms. The van der Waals surface area contributed by atoms with E-state index in [1.165, 1.54) is 36.4 Å². The lowest BCUT2D eigenvalue weighted by molar-refractivity contribution is -0.167. The van der Waals surface area contributed by atoms with E-state index in [-0.39, 0.29) is 11.3 Å². The van der Waals surface area contributed by atoms with Crippen LogP contribution in [0.25, 0.3) is 0 Å². The van der Waals surface area contributed by atoms with Gasteiger partial charge in [-0.25, -0.2) is 4.79 Å². The zero-order valence-electron chi connectivity index (χ0n) is 12.0. The van der Waals surface area contributed by atoms with Crippen molar-refractivity contribution in [2.45, 2.75) is 6.18 Å². The maximum absolute atomic E-state index is 12.2. The van der Waals surface area contributed by atoms with Gasteiger partial charge in [0.2, 0.25) is 0 Å². The second-order valence-corrected chi connectivity index (χ2v) is 4.67. The third-order valence-corrected chi connectivity index (χ3v) is 2.84. The van der Waals surface area contributed by atoms with Crippen LogP contribution in [-0.2, 0) is 4.79 Å². The molecule has 2 N–H and O–H groups in total. The Morgan fingerprint density at radius 3 is 2.12 bits per heavy atom. The van der Waals surface area contributed by atoms with Crippen molar-refractivity contribution in [1.29, 1.82) is 0 Å². The predicted molar refractivity (Wildman–Crippen MR) is 80.5 cm³/mol. The molecule has 2 aromatic rings. The van der Waals surface area contributed by atoms with Crippen LogP contribution < -0.4 is 5.32 Å². The summed E-state index contributed by atoms with van der Waals surface area (Å²) >= 11 is 0. The molecule has 0 spiro atoms. The first-order valence-corrected chi connectivity index (χ1v) is 6.59. The monoisotopic (exact) mass is 333 g/mol. The molecular weight excluding hydrogens is 323 g/mol. The van der Waals surface area contributed by atoms with Crippen LogP contribution in [0.15, 0.2) is 48.5 Å². The van der Waals surface area contributed by atoms with Gasteiger partial charge in [0.1, 0.15) is 0 Å². The molecule has 0 aliphatic rings. The summed E-state index contributed by atoms with van der Waals surface area (Å²) in [7, 11) is 0. The number of carboxylic acids is 1. The molecule has 0 aliphatic carbocycles. The van der Waals surface area contributed by atoms with Gasteiger partial charge in [-0.15, -0.1) is 0 Å². The molecule has 2 rings (SSSR count). The van der Waals surface area contributed by atoms with Crippen LogP contribution in [0.5, 0.6) is 0 Å². The zero-order valence-corrected chi connectivity index (χ0v) is 12.0. The molecule has 0 saturated carbocycles. The van der Waals surface area contributed by atoms with E-state index >= 15 is 0 Å². The van der Waals surface area contributed by atoms with E-state index in [9.17, 15) is 22.8 Å². The average molecular weight is 333 g/mol. The summed E-state index contributed by atoms with van der Waals surface area (Å²) < 4.78 is 36.7. The molecule has 1 amide bonds. The number of carbonyl (C=O) groups excluding carboxylic acids is 1. The molecule has 0 aliphatic heterocycles. The van der Waals surface area contributed by atoms with Gasteiger partial charge in [-0.05, 0) is 36.4 Å². The zero-order chi connectivity index (χ0) is 17.7. The lowest BCUT2D eigenvalue weighted by atomic mass is 10.1. The predicted octanol–water partition coefficient (Wildman–Crippen LogP) is 3.29. The van der Waals surface area contributed by atoms with Crippen molar-refractivity contribution in [2.24, 2.45) is 0 Å². The Kier molecular flexibility index (Phi) is 4.90. The number of benzene rings is 2. The normalized spacial score (nSPS) is 10.5. The first kappa shape index (κ1) is 17.1. The number of nitrogens with one attached hydrogen (secondary N) is 1. The van der Waals surface area contributed by atoms with Crippen LogP contribution >= 0.6 is 0 Å². The Morgan fingerprint density at radius 1 is 0.958 bits per heavy atom. The highest BCUT2D eigenvalue weighted by Gasteiger charge is 2.38. The number of carboxylic acid groups (broad SMARTS) is 1. The molecule has 122 valence electrons. The minimum absolute atomic E-state index is 0.0385. The molecule has 0 heterocycles. The van der Waals surface area contributed by atoms with Gasteiger partial charge in [-0.1, -0.05) is 24.0 Å². The van der Waals surface area contributed by atoms with Gasteiger partial charge < -0.3 is 10.4 Å². The highest BCUT2D eigenvalue weighted by Crippen LogP contribution is 2.18. The fourth-order valence-electron chi connectivity index (χ4n) is 1.75. The molecule has 2 aromatic carbocycles. The fraction of sp³-hybridized carbons (Fsp3) is 0.0588. The minimum Gasteiger partial charge on any atom is -0.478 e. The Morgan fingerprint density at radius 2 is 1.54 bits per heavy atom. The number of alkyl halides is 3. The first-order chi connectivity index (χ1) is 11.3. The quantitative estimate of drug-likeness (QED) is 0.829. The van der Waals surface area contributed by atoms with Crippen LogP contribution in [0.2, 0.25) is 0 Å². The van der Waals surface area contributed by atoms with Crippen LogP contribution in [-0.4, -0.2) is 23.2 Å². The molecule has 0 fully saturated rings. The van der Waals surface area contributed by atoms with Gasteiger partial charge in [0.05, 0.1) is 5.56 Å². The molecule has 4 nitrogen and oxygen atoms in total. The van der Waals surface area contributed by atoms with Crippen LogP contribution in [0.1, 0.15) is 21.5 Å². The molecule has 0 aromatic heterocycles. The molecule has 7 heteroatoms. The highest BCUT2D eigenvalue weighted by molar-refractivity contribution is 5.95. The third-order valence-electron chi connectivity index (χ3n) is 2.84. The van der Waals surface area contributed by atoms with E-state index in [0.717, 1.165) is 0 Å². The van der Waals surface area contributed by atoms with Gasteiger partial charge in [0.25, 0.3) is 0 Å². The lowest BCUT2D eigenvalue weighted by Gasteiger charge is -2.07. The molecule has 0 bridgehead atoms. The van der Waals surface area contributed by atoms with Crippen molar-refractivity contribution in [1.82, 2.24) is 0 Å². The second kappa shape index (κ2) is 6.87. The Bertz CT molecular complexity index is 848. The van der Waals surface area contributed by atoms with E-state index in [4.69, 9.17) is 5.11 Å². The number of halogens is 3. The number of carbonyl (C=O) groups is 2. The smallest absolute Gasteiger partial charge is 0.471 e. The largest absolute Gasteiger partial charge is 0.478 e. The Balaban J connectivity index is 2.20. The van der Waals surface area contributed by atoms with Crippen LogP contribution in [0.3, 0.4) is 0 Å². The summed E-state index contributed by atoms with van der Waals surface area (Å²) in [6.45, 7) is 0. The minimum atomic E-state index is -4.97. The van der Waals surface area contributed by atoms with Gasteiger partial charge in [0, 0.05) is 16.8 Å². The van der Waals surface area contributed by atoms with Gasteiger partial charge in [-0.2, -0.15) is 13.2 Å². The summed E-state index contributed by atoms with van der Waals surface area (Å²) in [5.41, 5.74) is 0.853. The SMILES string of the molecule is O=C(O)c1cccc(C#Cc2cccc(NC(=O)C(F)(F)F)c2)c1. The number of anilines is 1.